The number of nitrogens with zero attached hydrogens (tertiary/aromatic N) is 5. The third-order valence-electron chi connectivity index (χ3n) is 6.18. The van der Waals surface area contributed by atoms with Crippen molar-refractivity contribution in [1.82, 2.24) is 30.0 Å². The van der Waals surface area contributed by atoms with Crippen LogP contribution >= 0.6 is 0 Å². The minimum absolute atomic E-state index is 0.0111. The lowest BCUT2D eigenvalue weighted by molar-refractivity contribution is -0.130. The van der Waals surface area contributed by atoms with Crippen LogP contribution in [0.1, 0.15) is 30.1 Å². The van der Waals surface area contributed by atoms with Crippen molar-refractivity contribution in [2.24, 2.45) is 0 Å². The number of rotatable bonds is 6. The topological polar surface area (TPSA) is 85.2 Å². The number of aromatic nitrogens is 4. The van der Waals surface area contributed by atoms with E-state index in [2.05, 4.69) is 54.2 Å². The van der Waals surface area contributed by atoms with Crippen LogP contribution in [0.5, 0.6) is 0 Å². The summed E-state index contributed by atoms with van der Waals surface area (Å²) in [5.41, 5.74) is 2.34. The van der Waals surface area contributed by atoms with Crippen LogP contribution in [0.15, 0.2) is 36.5 Å². The summed E-state index contributed by atoms with van der Waals surface area (Å²) in [5, 5.41) is 13.0. The zero-order chi connectivity index (χ0) is 21.0. The molecule has 0 spiro atoms. The predicted octanol–water partition coefficient (Wildman–Crippen LogP) is 1.72. The zero-order valence-electron chi connectivity index (χ0n) is 17.7. The van der Waals surface area contributed by atoms with Crippen molar-refractivity contribution in [3.8, 4) is 0 Å². The second-order valence-corrected chi connectivity index (χ2v) is 8.25. The van der Waals surface area contributed by atoms with Gasteiger partial charge in [0, 0.05) is 63.8 Å². The summed E-state index contributed by atoms with van der Waals surface area (Å²) in [4.78, 5) is 19.2. The van der Waals surface area contributed by atoms with E-state index < -0.39 is 0 Å². The van der Waals surface area contributed by atoms with Gasteiger partial charge in [-0.25, -0.2) is 0 Å². The Kier molecular flexibility index (Phi) is 5.90. The number of benzene rings is 1. The number of nitrogens with one attached hydrogen (secondary N) is 1. The maximum atomic E-state index is 12.1. The number of para-hydroxylation sites is 1. The van der Waals surface area contributed by atoms with Gasteiger partial charge in [-0.3, -0.25) is 14.7 Å². The predicted molar refractivity (Wildman–Crippen MR) is 116 cm³/mol. The molecule has 1 fully saturated rings. The van der Waals surface area contributed by atoms with Gasteiger partial charge < -0.3 is 14.6 Å². The number of hydrogen-bond acceptors (Lipinski definition) is 6. The van der Waals surface area contributed by atoms with Gasteiger partial charge in [-0.1, -0.05) is 24.3 Å². The zero-order valence-corrected chi connectivity index (χ0v) is 17.7. The van der Waals surface area contributed by atoms with Crippen LogP contribution in [-0.4, -0.2) is 62.9 Å². The van der Waals surface area contributed by atoms with Crippen molar-refractivity contribution < 1.29 is 9.53 Å². The van der Waals surface area contributed by atoms with E-state index in [0.29, 0.717) is 19.6 Å². The standard InChI is InChI=1S/C23H28N6O2/c30-23(19-7-3-15-31-19)25-11-8-20-26-27-21-9-12-28(13-14-29(20)21)16-18-5-1-4-17-6-2-10-24-22(17)18/h1-2,4-6,10,19H,3,7-9,11-16H2,(H,25,30). The van der Waals surface area contributed by atoms with Gasteiger partial charge in [0.15, 0.2) is 0 Å². The van der Waals surface area contributed by atoms with E-state index in [9.17, 15) is 4.79 Å². The average Bonchev–Trinajstić information content (AvgIpc) is 3.42. The van der Waals surface area contributed by atoms with E-state index in [1.54, 1.807) is 0 Å². The Morgan fingerprint density at radius 3 is 3.00 bits per heavy atom. The largest absolute Gasteiger partial charge is 0.368 e. The summed E-state index contributed by atoms with van der Waals surface area (Å²) in [6, 6.07) is 10.5. The highest BCUT2D eigenvalue weighted by molar-refractivity contribution is 5.81. The summed E-state index contributed by atoms with van der Waals surface area (Å²) >= 11 is 0. The molecule has 5 rings (SSSR count). The van der Waals surface area contributed by atoms with Gasteiger partial charge in [-0.2, -0.15) is 0 Å². The molecule has 1 amide bonds. The normalized spacial score (nSPS) is 19.3. The van der Waals surface area contributed by atoms with E-state index in [4.69, 9.17) is 4.74 Å². The van der Waals surface area contributed by atoms with Crippen LogP contribution in [0.4, 0.5) is 0 Å². The fraction of sp³-hybridized carbons (Fsp3) is 0.478. The molecule has 0 saturated carbocycles. The second kappa shape index (κ2) is 9.11. The van der Waals surface area contributed by atoms with Crippen LogP contribution in [-0.2, 0) is 35.5 Å². The number of carbonyl (C=O) groups is 1. The molecule has 1 atom stereocenters. The quantitative estimate of drug-likeness (QED) is 0.654. The average molecular weight is 421 g/mol. The molecule has 0 radical (unpaired) electrons. The number of ether oxygens (including phenoxy) is 1. The third-order valence-corrected chi connectivity index (χ3v) is 6.18. The first-order valence-electron chi connectivity index (χ1n) is 11.1. The van der Waals surface area contributed by atoms with E-state index in [0.717, 1.165) is 62.6 Å². The fourth-order valence-corrected chi connectivity index (χ4v) is 4.50. The summed E-state index contributed by atoms with van der Waals surface area (Å²) < 4.78 is 7.66. The molecule has 2 aliphatic heterocycles. The smallest absolute Gasteiger partial charge is 0.249 e. The number of amides is 1. The van der Waals surface area contributed by atoms with Gasteiger partial charge in [-0.15, -0.1) is 10.2 Å². The van der Waals surface area contributed by atoms with Gasteiger partial charge in [0.25, 0.3) is 0 Å². The molecule has 1 unspecified atom stereocenters. The number of pyridine rings is 1. The van der Waals surface area contributed by atoms with Crippen LogP contribution < -0.4 is 5.32 Å². The highest BCUT2D eigenvalue weighted by atomic mass is 16.5. The van der Waals surface area contributed by atoms with Crippen molar-refractivity contribution in [3.05, 3.63) is 53.7 Å². The van der Waals surface area contributed by atoms with Crippen LogP contribution in [0.25, 0.3) is 10.9 Å². The van der Waals surface area contributed by atoms with Crippen molar-refractivity contribution in [1.29, 1.82) is 0 Å². The second-order valence-electron chi connectivity index (χ2n) is 8.25. The molecular weight excluding hydrogens is 392 g/mol. The molecule has 2 aromatic heterocycles. The minimum Gasteiger partial charge on any atom is -0.368 e. The highest BCUT2D eigenvalue weighted by Gasteiger charge is 2.24. The SMILES string of the molecule is O=C(NCCc1nnc2n1CCN(Cc1cccc3cccnc13)CC2)C1CCCO1. The lowest BCUT2D eigenvalue weighted by Crippen LogP contribution is -2.35. The van der Waals surface area contributed by atoms with Crippen LogP contribution in [0.3, 0.4) is 0 Å². The lowest BCUT2D eigenvalue weighted by Gasteiger charge is -2.20. The van der Waals surface area contributed by atoms with Crippen molar-refractivity contribution in [3.63, 3.8) is 0 Å². The van der Waals surface area contributed by atoms with Crippen LogP contribution in [0, 0.1) is 0 Å². The monoisotopic (exact) mass is 420 g/mol. The van der Waals surface area contributed by atoms with E-state index in [1.807, 2.05) is 12.3 Å². The molecule has 1 aromatic carbocycles. The molecule has 8 heteroatoms. The number of hydrogen-bond donors (Lipinski definition) is 1. The van der Waals surface area contributed by atoms with Gasteiger partial charge >= 0.3 is 0 Å². The molecule has 8 nitrogen and oxygen atoms in total. The Morgan fingerprint density at radius 1 is 1.16 bits per heavy atom. The molecule has 2 aliphatic rings. The van der Waals surface area contributed by atoms with Crippen molar-refractivity contribution in [2.45, 2.75) is 44.9 Å². The molecule has 0 bridgehead atoms. The first kappa shape index (κ1) is 20.1. The van der Waals surface area contributed by atoms with Gasteiger partial charge in [-0.05, 0) is 24.5 Å². The van der Waals surface area contributed by atoms with E-state index >= 15 is 0 Å². The molecule has 31 heavy (non-hydrogen) atoms. The number of carbonyl (C=O) groups excluding carboxylic acids is 1. The fourth-order valence-electron chi connectivity index (χ4n) is 4.50. The molecule has 1 N–H and O–H groups in total. The maximum absolute atomic E-state index is 12.1. The summed E-state index contributed by atoms with van der Waals surface area (Å²) in [6.07, 6.45) is 4.90. The molecule has 162 valence electrons. The molecule has 0 aliphatic carbocycles. The van der Waals surface area contributed by atoms with Crippen LogP contribution in [0.2, 0.25) is 0 Å². The van der Waals surface area contributed by atoms with Gasteiger partial charge in [0.05, 0.1) is 5.52 Å². The summed E-state index contributed by atoms with van der Waals surface area (Å²) in [5.74, 6) is 1.96. The highest BCUT2D eigenvalue weighted by Crippen LogP contribution is 2.19. The van der Waals surface area contributed by atoms with E-state index in [-0.39, 0.29) is 12.0 Å². The summed E-state index contributed by atoms with van der Waals surface area (Å²) in [7, 11) is 0. The molecular formula is C23H28N6O2. The number of fused-ring (bicyclic) bond motifs is 2. The Bertz CT molecular complexity index is 1050. The summed E-state index contributed by atoms with van der Waals surface area (Å²) in [6.45, 7) is 4.85. The van der Waals surface area contributed by atoms with Gasteiger partial charge in [0.1, 0.15) is 17.8 Å². The first-order valence-corrected chi connectivity index (χ1v) is 11.1. The Morgan fingerprint density at radius 2 is 2.10 bits per heavy atom. The lowest BCUT2D eigenvalue weighted by atomic mass is 10.1. The van der Waals surface area contributed by atoms with Gasteiger partial charge in [0.2, 0.25) is 5.91 Å². The van der Waals surface area contributed by atoms with Crippen molar-refractivity contribution in [2.75, 3.05) is 26.2 Å². The Hall–Kier alpha value is -2.84. The molecule has 1 saturated heterocycles. The van der Waals surface area contributed by atoms with E-state index in [1.165, 1.54) is 10.9 Å². The molecule has 3 aromatic rings. The third kappa shape index (κ3) is 4.45. The maximum Gasteiger partial charge on any atom is 0.249 e. The Labute approximate surface area is 181 Å². The Balaban J connectivity index is 1.19. The first-order chi connectivity index (χ1) is 15.3. The molecule has 4 heterocycles. The minimum atomic E-state index is -0.285. The van der Waals surface area contributed by atoms with Crippen molar-refractivity contribution >= 4 is 16.8 Å².